The van der Waals surface area contributed by atoms with Crippen LogP contribution in [0.2, 0.25) is 0 Å². The first kappa shape index (κ1) is 16.1. The van der Waals surface area contributed by atoms with Crippen molar-refractivity contribution in [2.45, 2.75) is 45.1 Å². The number of urea groups is 1. The molecule has 0 spiro atoms. The van der Waals surface area contributed by atoms with E-state index in [1.165, 1.54) is 19.3 Å². The molecule has 1 saturated heterocycles. The molecule has 2 amide bonds. The quantitative estimate of drug-likeness (QED) is 0.732. The molecule has 1 unspecified atom stereocenters. The highest BCUT2D eigenvalue weighted by Crippen LogP contribution is 2.24. The number of carboxylic acids is 1. The number of nitrogens with one attached hydrogen (secondary N) is 1. The molecule has 1 aliphatic heterocycles. The fourth-order valence-electron chi connectivity index (χ4n) is 2.92. The van der Waals surface area contributed by atoms with E-state index in [1.807, 2.05) is 0 Å². The second kappa shape index (κ2) is 7.64. The normalized spacial score (nSPS) is 21.7. The van der Waals surface area contributed by atoms with Crippen LogP contribution in [0.3, 0.4) is 0 Å². The predicted molar refractivity (Wildman–Crippen MR) is 78.1 cm³/mol. The monoisotopic (exact) mass is 298 g/mol. The summed E-state index contributed by atoms with van der Waals surface area (Å²) in [7, 11) is 0. The maximum absolute atomic E-state index is 11.8. The number of aliphatic carboxylic acids is 1. The summed E-state index contributed by atoms with van der Waals surface area (Å²) in [6.45, 7) is 3.83. The Morgan fingerprint density at radius 3 is 2.57 bits per heavy atom. The lowest BCUT2D eigenvalue weighted by atomic mass is 9.87. The number of carboxylic acid groups (broad SMARTS) is 1. The van der Waals surface area contributed by atoms with Crippen LogP contribution in [-0.2, 0) is 9.53 Å². The van der Waals surface area contributed by atoms with E-state index in [2.05, 4.69) is 5.32 Å². The molecule has 1 heterocycles. The zero-order chi connectivity index (χ0) is 15.2. The van der Waals surface area contributed by atoms with Crippen LogP contribution in [-0.4, -0.2) is 54.4 Å². The van der Waals surface area contributed by atoms with Gasteiger partial charge in [0.15, 0.2) is 0 Å². The third-order valence-electron chi connectivity index (χ3n) is 4.58. The smallest absolute Gasteiger partial charge is 0.317 e. The van der Waals surface area contributed by atoms with Crippen LogP contribution in [0, 0.1) is 11.8 Å². The Balaban J connectivity index is 1.53. The maximum Gasteiger partial charge on any atom is 0.317 e. The number of amides is 2. The average Bonchev–Trinajstić information content (AvgIpc) is 2.43. The van der Waals surface area contributed by atoms with Gasteiger partial charge in [-0.25, -0.2) is 4.79 Å². The fraction of sp³-hybridized carbons (Fsp3) is 0.867. The van der Waals surface area contributed by atoms with Crippen molar-refractivity contribution < 1.29 is 19.4 Å². The van der Waals surface area contributed by atoms with Gasteiger partial charge in [-0.1, -0.05) is 26.2 Å². The van der Waals surface area contributed by atoms with Gasteiger partial charge in [-0.15, -0.1) is 0 Å². The summed E-state index contributed by atoms with van der Waals surface area (Å²) in [5.41, 5.74) is 0. The minimum absolute atomic E-state index is 0.0757. The Bertz CT molecular complexity index is 363. The Kier molecular flexibility index (Phi) is 5.85. The molecule has 0 aromatic rings. The molecular weight excluding hydrogens is 272 g/mol. The Labute approximate surface area is 125 Å². The summed E-state index contributed by atoms with van der Waals surface area (Å²) in [6.07, 6.45) is 6.42. The largest absolute Gasteiger partial charge is 0.481 e. The third kappa shape index (κ3) is 4.59. The number of carbonyl (C=O) groups excluding carboxylic acids is 1. The topological polar surface area (TPSA) is 78.9 Å². The fourth-order valence-corrected chi connectivity index (χ4v) is 2.92. The lowest BCUT2D eigenvalue weighted by Gasteiger charge is -2.41. The van der Waals surface area contributed by atoms with Crippen molar-refractivity contribution in [3.8, 4) is 0 Å². The minimum Gasteiger partial charge on any atom is -0.481 e. The van der Waals surface area contributed by atoms with E-state index in [9.17, 15) is 9.59 Å². The Morgan fingerprint density at radius 1 is 1.29 bits per heavy atom. The second-order valence-corrected chi connectivity index (χ2v) is 6.15. The number of hydrogen-bond acceptors (Lipinski definition) is 3. The summed E-state index contributed by atoms with van der Waals surface area (Å²) in [6, 6.07) is -0.115. The van der Waals surface area contributed by atoms with Gasteiger partial charge in [0.25, 0.3) is 0 Å². The van der Waals surface area contributed by atoms with E-state index < -0.39 is 5.97 Å². The van der Waals surface area contributed by atoms with E-state index in [-0.39, 0.29) is 17.9 Å². The molecule has 0 bridgehead atoms. The van der Waals surface area contributed by atoms with Gasteiger partial charge in [-0.3, -0.25) is 4.79 Å². The standard InChI is InChI=1S/C15H26N2O4/c1-11(14(18)19)12-9-17(10-12)15(20)16-7-8-21-13-5-3-2-4-6-13/h11-13H,2-10H2,1H3,(H,16,20)(H,18,19). The van der Waals surface area contributed by atoms with Gasteiger partial charge in [-0.2, -0.15) is 0 Å². The number of likely N-dealkylation sites (tertiary alicyclic amines) is 1. The van der Waals surface area contributed by atoms with Crippen molar-refractivity contribution in [1.82, 2.24) is 10.2 Å². The zero-order valence-electron chi connectivity index (χ0n) is 12.7. The van der Waals surface area contributed by atoms with E-state index in [1.54, 1.807) is 11.8 Å². The van der Waals surface area contributed by atoms with Gasteiger partial charge in [-0.05, 0) is 12.8 Å². The molecule has 0 aromatic heterocycles. The van der Waals surface area contributed by atoms with Gasteiger partial charge in [0, 0.05) is 25.6 Å². The van der Waals surface area contributed by atoms with Crippen LogP contribution in [0.4, 0.5) is 4.79 Å². The van der Waals surface area contributed by atoms with Gasteiger partial charge in [0.2, 0.25) is 0 Å². The van der Waals surface area contributed by atoms with Crippen molar-refractivity contribution in [2.75, 3.05) is 26.2 Å². The number of rotatable bonds is 6. The summed E-state index contributed by atoms with van der Waals surface area (Å²) in [5, 5.41) is 11.7. The molecule has 0 aromatic carbocycles. The van der Waals surface area contributed by atoms with Gasteiger partial charge >= 0.3 is 12.0 Å². The zero-order valence-corrected chi connectivity index (χ0v) is 12.7. The molecule has 1 atom stereocenters. The molecule has 2 aliphatic rings. The average molecular weight is 298 g/mol. The molecule has 21 heavy (non-hydrogen) atoms. The molecular formula is C15H26N2O4. The molecule has 6 heteroatoms. The number of ether oxygens (including phenoxy) is 1. The van der Waals surface area contributed by atoms with Crippen molar-refractivity contribution >= 4 is 12.0 Å². The minimum atomic E-state index is -0.791. The lowest BCUT2D eigenvalue weighted by molar-refractivity contribution is -0.144. The van der Waals surface area contributed by atoms with Crippen molar-refractivity contribution in [2.24, 2.45) is 11.8 Å². The first-order chi connectivity index (χ1) is 10.1. The van der Waals surface area contributed by atoms with E-state index in [4.69, 9.17) is 9.84 Å². The highest BCUT2D eigenvalue weighted by atomic mass is 16.5. The van der Waals surface area contributed by atoms with Crippen LogP contribution in [0.1, 0.15) is 39.0 Å². The van der Waals surface area contributed by atoms with E-state index >= 15 is 0 Å². The first-order valence-corrected chi connectivity index (χ1v) is 7.95. The molecule has 1 saturated carbocycles. The molecule has 2 rings (SSSR count). The highest BCUT2D eigenvalue weighted by molar-refractivity contribution is 5.76. The van der Waals surface area contributed by atoms with Gasteiger partial charge in [0.1, 0.15) is 0 Å². The molecule has 2 N–H and O–H groups in total. The van der Waals surface area contributed by atoms with Crippen LogP contribution < -0.4 is 5.32 Å². The van der Waals surface area contributed by atoms with Crippen LogP contribution in [0.5, 0.6) is 0 Å². The van der Waals surface area contributed by atoms with Crippen molar-refractivity contribution in [1.29, 1.82) is 0 Å². The SMILES string of the molecule is CC(C(=O)O)C1CN(C(=O)NCCOC2CCCCC2)C1. The summed E-state index contributed by atoms with van der Waals surface area (Å²) < 4.78 is 5.74. The van der Waals surface area contributed by atoms with Crippen LogP contribution >= 0.6 is 0 Å². The van der Waals surface area contributed by atoms with Crippen molar-refractivity contribution in [3.05, 3.63) is 0 Å². The van der Waals surface area contributed by atoms with E-state index in [0.717, 1.165) is 12.8 Å². The molecule has 0 radical (unpaired) electrons. The summed E-state index contributed by atoms with van der Waals surface area (Å²) in [4.78, 5) is 24.3. The Morgan fingerprint density at radius 2 is 1.95 bits per heavy atom. The van der Waals surface area contributed by atoms with Crippen LogP contribution in [0.15, 0.2) is 0 Å². The van der Waals surface area contributed by atoms with Crippen molar-refractivity contribution in [3.63, 3.8) is 0 Å². The number of carbonyl (C=O) groups is 2. The molecule has 6 nitrogen and oxygen atoms in total. The molecule has 120 valence electrons. The Hall–Kier alpha value is -1.30. The predicted octanol–water partition coefficient (Wildman–Crippen LogP) is 1.70. The molecule has 1 aliphatic carbocycles. The second-order valence-electron chi connectivity index (χ2n) is 6.15. The van der Waals surface area contributed by atoms with Gasteiger partial charge < -0.3 is 20.1 Å². The summed E-state index contributed by atoms with van der Waals surface area (Å²) >= 11 is 0. The van der Waals surface area contributed by atoms with Gasteiger partial charge in [0.05, 0.1) is 18.6 Å². The number of hydrogen-bond donors (Lipinski definition) is 2. The summed E-state index contributed by atoms with van der Waals surface area (Å²) in [5.74, 6) is -1.10. The highest BCUT2D eigenvalue weighted by Gasteiger charge is 2.36. The third-order valence-corrected chi connectivity index (χ3v) is 4.58. The maximum atomic E-state index is 11.8. The van der Waals surface area contributed by atoms with E-state index in [0.29, 0.717) is 32.3 Å². The first-order valence-electron chi connectivity index (χ1n) is 7.95. The number of nitrogens with zero attached hydrogens (tertiary/aromatic N) is 1. The lowest BCUT2D eigenvalue weighted by Crippen LogP contribution is -2.56. The molecule has 2 fully saturated rings. The van der Waals surface area contributed by atoms with Crippen LogP contribution in [0.25, 0.3) is 0 Å².